The third-order valence-electron chi connectivity index (χ3n) is 9.15. The molecule has 0 aliphatic carbocycles. The predicted molar refractivity (Wildman–Crippen MR) is 242 cm³/mol. The van der Waals surface area contributed by atoms with Gasteiger partial charge in [-0.05, 0) is 85.3 Å². The van der Waals surface area contributed by atoms with Gasteiger partial charge in [-0.25, -0.2) is 29.2 Å². The first-order valence-corrected chi connectivity index (χ1v) is 21.0. The van der Waals surface area contributed by atoms with Crippen LogP contribution in [0.3, 0.4) is 0 Å². The minimum absolute atomic E-state index is 0.00277. The molecule has 0 radical (unpaired) electrons. The van der Waals surface area contributed by atoms with Crippen molar-refractivity contribution in [2.75, 3.05) is 13.1 Å². The number of hydrazine groups is 2. The second kappa shape index (κ2) is 23.4. The summed E-state index contributed by atoms with van der Waals surface area (Å²) < 4.78 is 24.5. The molecule has 2 aromatic heterocycles. The van der Waals surface area contributed by atoms with Gasteiger partial charge in [0.25, 0.3) is 5.56 Å². The molecule has 0 fully saturated rings. The number of carboxylic acid groups (broad SMARTS) is 1. The van der Waals surface area contributed by atoms with Gasteiger partial charge >= 0.3 is 29.8 Å². The number of hydrogen-bond acceptors (Lipinski definition) is 15. The number of carbonyl (C=O) groups excluding carboxylic acids is 3. The summed E-state index contributed by atoms with van der Waals surface area (Å²) in [7, 11) is 0. The topological polar surface area (TPSA) is 267 Å². The van der Waals surface area contributed by atoms with E-state index in [0.717, 1.165) is 39.4 Å². The van der Waals surface area contributed by atoms with Crippen molar-refractivity contribution in [1.82, 2.24) is 26.0 Å². The van der Waals surface area contributed by atoms with Gasteiger partial charge in [-0.15, -0.1) is 0 Å². The van der Waals surface area contributed by atoms with Crippen molar-refractivity contribution in [2.24, 2.45) is 0 Å². The SMILES string of the molecule is CC(C)(C)OC(=O)NN(Cc1ccc(-c2cccc(Cl)c2)cc1)C[C@@H](O)C(=O)O.Cc1oc(=O)oc1COC(=O)[C@H](O)CN(Cc1ccc(-c2cccc(Cl)c2)cc1)NC(=O)c1cc(=O)[nH]o1. The molecular formula is C46H47Cl2N5O14. The van der Waals surface area contributed by atoms with Crippen LogP contribution in [0.15, 0.2) is 126 Å². The summed E-state index contributed by atoms with van der Waals surface area (Å²) in [5.41, 5.74) is 8.97. The number of carbonyl (C=O) groups is 4. The molecule has 21 heteroatoms. The lowest BCUT2D eigenvalue weighted by Crippen LogP contribution is -2.48. The van der Waals surface area contributed by atoms with Crippen LogP contribution in [0.4, 0.5) is 4.79 Å². The number of ether oxygens (including phenoxy) is 2. The number of nitrogens with zero attached hydrogens (tertiary/aromatic N) is 2. The van der Waals surface area contributed by atoms with Crippen LogP contribution in [0.25, 0.3) is 22.3 Å². The fourth-order valence-electron chi connectivity index (χ4n) is 6.01. The molecule has 0 spiro atoms. The number of nitrogens with one attached hydrogen (secondary N) is 3. The maximum Gasteiger partial charge on any atom is 0.519 e. The fourth-order valence-corrected chi connectivity index (χ4v) is 6.40. The van der Waals surface area contributed by atoms with Crippen molar-refractivity contribution in [3.05, 3.63) is 163 Å². The highest BCUT2D eigenvalue weighted by atomic mass is 35.5. The molecular weight excluding hydrogens is 917 g/mol. The fraction of sp³-hybridized carbons (Fsp3) is 0.261. The number of aromatic amines is 1. The van der Waals surface area contributed by atoms with E-state index < -0.39 is 59.7 Å². The van der Waals surface area contributed by atoms with Crippen molar-refractivity contribution in [2.45, 2.75) is 65.2 Å². The molecule has 0 saturated heterocycles. The molecule has 354 valence electrons. The number of aliphatic carboxylic acids is 1. The van der Waals surface area contributed by atoms with Crippen LogP contribution in [-0.2, 0) is 38.8 Å². The van der Waals surface area contributed by atoms with Gasteiger partial charge in [-0.2, -0.15) is 5.16 Å². The van der Waals surface area contributed by atoms with E-state index in [-0.39, 0.29) is 43.5 Å². The number of aliphatic hydroxyl groups excluding tert-OH is 2. The number of esters is 1. The van der Waals surface area contributed by atoms with Crippen LogP contribution >= 0.6 is 23.2 Å². The van der Waals surface area contributed by atoms with Crippen molar-refractivity contribution >= 4 is 47.1 Å². The van der Waals surface area contributed by atoms with Crippen LogP contribution in [0.2, 0.25) is 10.0 Å². The lowest BCUT2D eigenvalue weighted by Gasteiger charge is -2.27. The molecule has 6 rings (SSSR count). The average molecular weight is 965 g/mol. The summed E-state index contributed by atoms with van der Waals surface area (Å²) in [6, 6.07) is 30.6. The Morgan fingerprint density at radius 2 is 1.25 bits per heavy atom. The summed E-state index contributed by atoms with van der Waals surface area (Å²) in [5.74, 6) is -4.28. The number of aryl methyl sites for hydroxylation is 1. The third kappa shape index (κ3) is 16.4. The highest BCUT2D eigenvalue weighted by molar-refractivity contribution is 6.31. The highest BCUT2D eigenvalue weighted by Crippen LogP contribution is 2.25. The van der Waals surface area contributed by atoms with Crippen LogP contribution in [-0.4, -0.2) is 85.3 Å². The molecule has 6 aromatic rings. The lowest BCUT2D eigenvalue weighted by atomic mass is 10.0. The zero-order chi connectivity index (χ0) is 48.8. The lowest BCUT2D eigenvalue weighted by molar-refractivity contribution is -0.157. The Morgan fingerprint density at radius 3 is 1.70 bits per heavy atom. The number of aromatic nitrogens is 1. The summed E-state index contributed by atoms with van der Waals surface area (Å²) in [6.07, 6.45) is -4.08. The van der Waals surface area contributed by atoms with E-state index in [1.807, 2.05) is 78.0 Å². The largest absolute Gasteiger partial charge is 0.519 e. The number of rotatable bonds is 17. The second-order valence-electron chi connectivity index (χ2n) is 15.7. The van der Waals surface area contributed by atoms with Crippen molar-refractivity contribution in [3.8, 4) is 22.3 Å². The van der Waals surface area contributed by atoms with Crippen molar-refractivity contribution in [3.63, 3.8) is 0 Å². The molecule has 0 saturated carbocycles. The average Bonchev–Trinajstić information content (AvgIpc) is 3.85. The first-order valence-electron chi connectivity index (χ1n) is 20.2. The molecule has 0 unspecified atom stereocenters. The predicted octanol–water partition coefficient (Wildman–Crippen LogP) is 6.09. The van der Waals surface area contributed by atoms with Crippen LogP contribution in [0.1, 0.15) is 54.0 Å². The molecule has 0 aliphatic rings. The van der Waals surface area contributed by atoms with Gasteiger partial charge in [0, 0.05) is 23.1 Å². The number of benzene rings is 4. The number of carboxylic acids is 1. The van der Waals surface area contributed by atoms with Gasteiger partial charge in [-0.1, -0.05) is 96.0 Å². The Bertz CT molecular complexity index is 2740. The summed E-state index contributed by atoms with van der Waals surface area (Å²) in [6.45, 7) is 5.74. The standard InChI is InChI=1S/C25H22ClN3O9.C21H25ClN2O5/c1-14-21(37-25(34)36-14)13-35-24(33)19(30)12-29(27-23(32)20-10-22(31)28-38-20)11-15-5-7-16(8-6-15)17-3-2-4-18(26)9-17;1-21(2,3)29-20(28)23-24(13-18(25)19(26)27)12-14-7-9-15(10-8-14)16-5-4-6-17(22)11-16/h2-10,19,30H,11-13H2,1H3,(H,27,32)(H,28,31);4-11,18,25H,12-13H2,1-3H3,(H,23,28)(H,26,27)/t19-;18-/m11/s1. The van der Waals surface area contributed by atoms with E-state index >= 15 is 0 Å². The Kier molecular flexibility index (Phi) is 17.8. The molecule has 4 aromatic carbocycles. The Labute approximate surface area is 392 Å². The first kappa shape index (κ1) is 51.0. The van der Waals surface area contributed by atoms with Gasteiger partial charge in [0.05, 0.1) is 19.2 Å². The smallest absolute Gasteiger partial charge is 0.479 e. The van der Waals surface area contributed by atoms with Crippen LogP contribution < -0.4 is 22.2 Å². The zero-order valence-electron chi connectivity index (χ0n) is 36.5. The molecule has 0 bridgehead atoms. The Balaban J connectivity index is 0.000000261. The van der Waals surface area contributed by atoms with Crippen molar-refractivity contribution < 1.29 is 57.3 Å². The molecule has 6 N–H and O–H groups in total. The van der Waals surface area contributed by atoms with E-state index in [1.165, 1.54) is 16.9 Å². The van der Waals surface area contributed by atoms with Gasteiger partial charge in [0.15, 0.2) is 30.3 Å². The van der Waals surface area contributed by atoms with Crippen LogP contribution in [0.5, 0.6) is 0 Å². The van der Waals surface area contributed by atoms with E-state index in [4.69, 9.17) is 51.1 Å². The maximum absolute atomic E-state index is 12.6. The van der Waals surface area contributed by atoms with E-state index in [1.54, 1.807) is 45.0 Å². The second-order valence-corrected chi connectivity index (χ2v) is 16.6. The maximum atomic E-state index is 12.6. The number of halogens is 2. The van der Waals surface area contributed by atoms with E-state index in [9.17, 15) is 39.0 Å². The molecule has 67 heavy (non-hydrogen) atoms. The molecule has 0 aliphatic heterocycles. The summed E-state index contributed by atoms with van der Waals surface area (Å²) in [5, 5.41) is 34.9. The minimum atomic E-state index is -1.70. The van der Waals surface area contributed by atoms with E-state index in [2.05, 4.69) is 10.9 Å². The Morgan fingerprint density at radius 1 is 0.731 bits per heavy atom. The molecule has 2 heterocycles. The van der Waals surface area contributed by atoms with Gasteiger partial charge in [0.2, 0.25) is 5.76 Å². The minimum Gasteiger partial charge on any atom is -0.479 e. The quantitative estimate of drug-likeness (QED) is 0.0446. The Hall–Kier alpha value is -7.00. The summed E-state index contributed by atoms with van der Waals surface area (Å²) >= 11 is 12.1. The number of H-pyrrole nitrogens is 1. The highest BCUT2D eigenvalue weighted by Gasteiger charge is 2.26. The van der Waals surface area contributed by atoms with Crippen LogP contribution in [0, 0.1) is 6.92 Å². The van der Waals surface area contributed by atoms with Gasteiger partial charge in [-0.3, -0.25) is 20.4 Å². The summed E-state index contributed by atoms with van der Waals surface area (Å²) in [4.78, 5) is 70.5. The van der Waals surface area contributed by atoms with Crippen molar-refractivity contribution in [1.29, 1.82) is 0 Å². The first-order chi connectivity index (χ1) is 31.7. The monoisotopic (exact) mass is 963 g/mol. The number of hydrogen-bond donors (Lipinski definition) is 6. The number of aliphatic hydroxyl groups is 2. The van der Waals surface area contributed by atoms with E-state index in [0.29, 0.717) is 10.0 Å². The molecule has 2 atom stereocenters. The third-order valence-corrected chi connectivity index (χ3v) is 9.62. The number of amides is 2. The van der Waals surface area contributed by atoms with Gasteiger partial charge in [0.1, 0.15) is 5.60 Å². The van der Waals surface area contributed by atoms with Gasteiger partial charge < -0.3 is 38.2 Å². The zero-order valence-corrected chi connectivity index (χ0v) is 38.0. The normalized spacial score (nSPS) is 12.1. The molecule has 2 amide bonds. The molecule has 19 nitrogen and oxygen atoms in total.